The van der Waals surface area contributed by atoms with Gasteiger partial charge in [-0.2, -0.15) is 0 Å². The van der Waals surface area contributed by atoms with Crippen LogP contribution in [0.5, 0.6) is 0 Å². The van der Waals surface area contributed by atoms with Gasteiger partial charge in [0.1, 0.15) is 0 Å². The Bertz CT molecular complexity index is 912. The fourth-order valence-electron chi connectivity index (χ4n) is 9.40. The Hall–Kier alpha value is -0.603. The van der Waals surface area contributed by atoms with E-state index in [1.54, 1.807) is 11.1 Å². The minimum Gasteiger partial charge on any atom is -0.414 e. The van der Waals surface area contributed by atoms with Gasteiger partial charge in [-0.05, 0) is 135 Å². The predicted octanol–water partition coefficient (Wildman–Crippen LogP) is 10.1. The van der Waals surface area contributed by atoms with E-state index in [1.165, 1.54) is 56.9 Å². The van der Waals surface area contributed by atoms with E-state index in [1.807, 2.05) is 0 Å². The maximum atomic E-state index is 6.81. The molecule has 7 atom stereocenters. The first-order valence-corrected chi connectivity index (χ1v) is 18.2. The Morgan fingerprint density at radius 1 is 1.03 bits per heavy atom. The Balaban J connectivity index is 1.63. The zero-order chi connectivity index (χ0) is 26.0. The predicted molar refractivity (Wildman–Crippen MR) is 155 cm³/mol. The van der Waals surface area contributed by atoms with Crippen LogP contribution in [0.15, 0.2) is 34.9 Å². The van der Waals surface area contributed by atoms with Crippen LogP contribution >= 0.6 is 0 Å². The third-order valence-electron chi connectivity index (χ3n) is 11.6. The van der Waals surface area contributed by atoms with Crippen LogP contribution in [0.1, 0.15) is 107 Å². The van der Waals surface area contributed by atoms with Crippen molar-refractivity contribution in [1.82, 2.24) is 0 Å². The summed E-state index contributed by atoms with van der Waals surface area (Å²) in [6, 6.07) is 0. The molecule has 2 saturated carbocycles. The topological polar surface area (TPSA) is 9.23 Å². The van der Waals surface area contributed by atoms with E-state index in [-0.39, 0.29) is 5.41 Å². The third-order valence-corrected chi connectivity index (χ3v) is 12.6. The molecule has 35 heavy (non-hydrogen) atoms. The lowest BCUT2D eigenvalue weighted by Crippen LogP contribution is -2.56. The summed E-state index contributed by atoms with van der Waals surface area (Å²) in [6.07, 6.45) is 18.7. The number of rotatable bonds is 6. The summed E-state index contributed by atoms with van der Waals surface area (Å²) in [5, 5.41) is 0. The normalized spacial score (nSPS) is 41.2. The molecule has 0 saturated heterocycles. The second-order valence-electron chi connectivity index (χ2n) is 15.5. The summed E-state index contributed by atoms with van der Waals surface area (Å²) in [6.45, 7) is 27.1. The van der Waals surface area contributed by atoms with Crippen molar-refractivity contribution in [2.45, 2.75) is 133 Å². The summed E-state index contributed by atoms with van der Waals surface area (Å²) >= 11 is 0. The average molecular weight is 497 g/mol. The van der Waals surface area contributed by atoms with Crippen LogP contribution in [0.3, 0.4) is 0 Å². The maximum absolute atomic E-state index is 6.81. The van der Waals surface area contributed by atoms with Gasteiger partial charge in [0, 0.05) is 0 Å². The Morgan fingerprint density at radius 2 is 1.71 bits per heavy atom. The quantitative estimate of drug-likeness (QED) is 0.262. The van der Waals surface area contributed by atoms with Gasteiger partial charge in [0.2, 0.25) is 0 Å². The smallest absolute Gasteiger partial charge is 0.184 e. The Morgan fingerprint density at radius 3 is 2.34 bits per heavy atom. The minimum atomic E-state index is -1.56. The molecule has 0 amide bonds. The lowest BCUT2D eigenvalue weighted by molar-refractivity contribution is -0.0764. The van der Waals surface area contributed by atoms with E-state index < -0.39 is 8.32 Å². The summed E-state index contributed by atoms with van der Waals surface area (Å²) in [4.78, 5) is 0. The Kier molecular flexibility index (Phi) is 7.06. The molecule has 0 aromatic carbocycles. The van der Waals surface area contributed by atoms with E-state index >= 15 is 0 Å². The molecule has 0 aliphatic heterocycles. The highest BCUT2D eigenvalue weighted by Crippen LogP contribution is 2.71. The molecule has 0 radical (unpaired) electrons. The molecule has 4 rings (SSSR count). The van der Waals surface area contributed by atoms with Gasteiger partial charge >= 0.3 is 0 Å². The lowest BCUT2D eigenvalue weighted by atomic mass is 9.44. The molecule has 0 aromatic rings. The van der Waals surface area contributed by atoms with Crippen molar-refractivity contribution in [2.75, 3.05) is 0 Å². The van der Waals surface area contributed by atoms with Crippen LogP contribution in [-0.2, 0) is 4.43 Å². The van der Waals surface area contributed by atoms with Crippen LogP contribution < -0.4 is 0 Å². The van der Waals surface area contributed by atoms with Crippen LogP contribution in [-0.4, -0.2) is 14.4 Å². The first kappa shape index (κ1) is 27.4. The standard InChI is InChI=1S/C33H56OSi/c1-23(2)13-12-14-24(3)25-17-21-33(8)27-15-16-28-30(4,5)29(34-35(9,10)11)19-20-31(28,6)26(27)18-22-32(25,33)7/h13,15,18,24-25,28-29H,12,14,16-17,19-22H2,1-11H3. The highest BCUT2D eigenvalue weighted by Gasteiger charge is 2.63. The van der Waals surface area contributed by atoms with Gasteiger partial charge < -0.3 is 4.43 Å². The number of allylic oxidation sites excluding steroid dienone is 6. The molecule has 2 heteroatoms. The van der Waals surface area contributed by atoms with Crippen molar-refractivity contribution in [3.63, 3.8) is 0 Å². The van der Waals surface area contributed by atoms with Crippen LogP contribution in [0.2, 0.25) is 19.6 Å². The molecule has 198 valence electrons. The fraction of sp³-hybridized carbons (Fsp3) is 0.818. The lowest BCUT2D eigenvalue weighted by Gasteiger charge is -2.62. The van der Waals surface area contributed by atoms with Crippen molar-refractivity contribution in [1.29, 1.82) is 0 Å². The van der Waals surface area contributed by atoms with Gasteiger partial charge in [-0.25, -0.2) is 0 Å². The van der Waals surface area contributed by atoms with Crippen molar-refractivity contribution in [3.05, 3.63) is 34.9 Å². The summed E-state index contributed by atoms with van der Waals surface area (Å²) < 4.78 is 6.81. The molecule has 0 bridgehead atoms. The molecule has 0 spiro atoms. The van der Waals surface area contributed by atoms with E-state index in [0.29, 0.717) is 28.3 Å². The number of fused-ring (bicyclic) bond motifs is 5. The molecule has 4 aliphatic carbocycles. The van der Waals surface area contributed by atoms with Gasteiger partial charge in [-0.3, -0.25) is 0 Å². The molecule has 7 unspecified atom stereocenters. The van der Waals surface area contributed by atoms with Gasteiger partial charge in [0.05, 0.1) is 6.10 Å². The molecule has 0 aromatic heterocycles. The third kappa shape index (κ3) is 4.41. The van der Waals surface area contributed by atoms with E-state index in [9.17, 15) is 0 Å². The second-order valence-corrected chi connectivity index (χ2v) is 19.9. The molecular formula is C33H56OSi. The minimum absolute atomic E-state index is 0.218. The fourth-order valence-corrected chi connectivity index (χ4v) is 10.7. The van der Waals surface area contributed by atoms with E-state index in [0.717, 1.165) is 11.8 Å². The monoisotopic (exact) mass is 496 g/mol. The van der Waals surface area contributed by atoms with Crippen LogP contribution in [0, 0.1) is 39.4 Å². The van der Waals surface area contributed by atoms with Gasteiger partial charge in [-0.1, -0.05) is 65.3 Å². The summed E-state index contributed by atoms with van der Waals surface area (Å²) in [7, 11) is -1.56. The van der Waals surface area contributed by atoms with E-state index in [4.69, 9.17) is 4.43 Å². The van der Waals surface area contributed by atoms with Crippen LogP contribution in [0.4, 0.5) is 0 Å². The van der Waals surface area contributed by atoms with Crippen molar-refractivity contribution in [2.24, 2.45) is 39.4 Å². The zero-order valence-corrected chi connectivity index (χ0v) is 26.1. The first-order chi connectivity index (χ1) is 16.1. The van der Waals surface area contributed by atoms with Crippen molar-refractivity contribution >= 4 is 8.32 Å². The van der Waals surface area contributed by atoms with E-state index in [2.05, 4.69) is 93.3 Å². The van der Waals surface area contributed by atoms with Crippen molar-refractivity contribution in [3.8, 4) is 0 Å². The largest absolute Gasteiger partial charge is 0.414 e. The van der Waals surface area contributed by atoms with Gasteiger partial charge in [0.25, 0.3) is 0 Å². The average Bonchev–Trinajstić information content (AvgIpc) is 3.01. The SMILES string of the molecule is CC(C)=CCCC(C)C1CCC2(C)C3=CCC4C(C)(CCC(O[Si](C)(C)C)C4(C)C)C3=CCC12C. The highest BCUT2D eigenvalue weighted by atomic mass is 28.4. The molecule has 0 heterocycles. The Labute approximate surface area is 219 Å². The maximum Gasteiger partial charge on any atom is 0.184 e. The van der Waals surface area contributed by atoms with Gasteiger partial charge in [-0.15, -0.1) is 0 Å². The number of hydrogen-bond donors (Lipinski definition) is 0. The number of hydrogen-bond acceptors (Lipinski definition) is 1. The molecule has 2 fully saturated rings. The van der Waals surface area contributed by atoms with Crippen molar-refractivity contribution < 1.29 is 4.43 Å². The molecule has 1 nitrogen and oxygen atoms in total. The van der Waals surface area contributed by atoms with Crippen LogP contribution in [0.25, 0.3) is 0 Å². The molecule has 0 N–H and O–H groups in total. The summed E-state index contributed by atoms with van der Waals surface area (Å²) in [5.74, 6) is 2.31. The molecule has 4 aliphatic rings. The zero-order valence-electron chi connectivity index (χ0n) is 25.1. The highest BCUT2D eigenvalue weighted by molar-refractivity contribution is 6.69. The van der Waals surface area contributed by atoms with Gasteiger partial charge in [0.15, 0.2) is 8.32 Å². The second kappa shape index (κ2) is 9.00. The molecular weight excluding hydrogens is 440 g/mol. The first-order valence-electron chi connectivity index (χ1n) is 14.8. The summed E-state index contributed by atoms with van der Waals surface area (Å²) in [5.41, 5.74) is 6.20.